The molecule has 0 saturated carbocycles. The molecule has 0 spiro atoms. The Morgan fingerprint density at radius 2 is 2.29 bits per heavy atom. The van der Waals surface area contributed by atoms with Crippen molar-refractivity contribution in [1.29, 1.82) is 0 Å². The molecule has 0 radical (unpaired) electrons. The van der Waals surface area contributed by atoms with Crippen LogP contribution in [0.5, 0.6) is 0 Å². The van der Waals surface area contributed by atoms with Gasteiger partial charge in [0.1, 0.15) is 0 Å². The lowest BCUT2D eigenvalue weighted by Crippen LogP contribution is -2.39. The van der Waals surface area contributed by atoms with Crippen LogP contribution < -0.4 is 11.6 Å². The van der Waals surface area contributed by atoms with E-state index < -0.39 is 0 Å². The number of nitrogens with zero attached hydrogens (tertiary/aromatic N) is 1. The van der Waals surface area contributed by atoms with Gasteiger partial charge >= 0.3 is 0 Å². The van der Waals surface area contributed by atoms with Crippen LogP contribution in [0.15, 0.2) is 0 Å². The summed E-state index contributed by atoms with van der Waals surface area (Å²) < 4.78 is 0. The Morgan fingerprint density at radius 3 is 2.29 bits per heavy atom. The summed E-state index contributed by atoms with van der Waals surface area (Å²) in [6, 6.07) is 0. The van der Waals surface area contributed by atoms with E-state index in [0.29, 0.717) is 11.4 Å². The number of hydrazine groups is 1. The molecule has 0 aromatic rings. The number of carbonyl (C=O) groups excluding carboxylic acids is 1. The molecule has 0 heterocycles. The molecule has 4 N–H and O–H groups in total. The first-order valence-electron chi connectivity index (χ1n) is 1.47. The van der Waals surface area contributed by atoms with Crippen LogP contribution in [0.2, 0.25) is 0 Å². The lowest BCUT2D eigenvalue weighted by Gasteiger charge is -2.03. The molecule has 7 heavy (non-hydrogen) atoms. The molecule has 0 saturated heterocycles. The summed E-state index contributed by atoms with van der Waals surface area (Å²) in [5, 5.41) is 0.491. The zero-order valence-corrected chi connectivity index (χ0v) is 4.31. The molecular formula is C2H5N3OS. The SMILES string of the molecule is NC(=S)N(N)C=O. The van der Waals surface area contributed by atoms with Gasteiger partial charge in [-0.15, -0.1) is 0 Å². The van der Waals surface area contributed by atoms with E-state index in [0.717, 1.165) is 0 Å². The highest BCUT2D eigenvalue weighted by Crippen LogP contribution is 1.64. The number of hydrogen-bond acceptors (Lipinski definition) is 3. The topological polar surface area (TPSA) is 72.3 Å². The maximum atomic E-state index is 9.58. The van der Waals surface area contributed by atoms with E-state index in [1.807, 2.05) is 0 Å². The van der Waals surface area contributed by atoms with Crippen molar-refractivity contribution >= 4 is 23.7 Å². The van der Waals surface area contributed by atoms with Crippen LogP contribution in [0.25, 0.3) is 0 Å². The molecule has 4 nitrogen and oxygen atoms in total. The first-order valence-corrected chi connectivity index (χ1v) is 1.88. The Hall–Kier alpha value is -0.680. The van der Waals surface area contributed by atoms with Gasteiger partial charge in [-0.25, -0.2) is 10.9 Å². The molecule has 0 aliphatic rings. The number of nitrogens with two attached hydrogens (primary N) is 2. The third kappa shape index (κ3) is 2.07. The van der Waals surface area contributed by atoms with Crippen molar-refractivity contribution in [2.75, 3.05) is 0 Å². The van der Waals surface area contributed by atoms with Crippen molar-refractivity contribution in [3.8, 4) is 0 Å². The molecule has 0 fully saturated rings. The first kappa shape index (κ1) is 6.32. The van der Waals surface area contributed by atoms with Gasteiger partial charge in [0.05, 0.1) is 0 Å². The van der Waals surface area contributed by atoms with Gasteiger partial charge in [0.15, 0.2) is 5.11 Å². The fourth-order valence-corrected chi connectivity index (χ4v) is 0.0950. The van der Waals surface area contributed by atoms with Crippen LogP contribution in [-0.4, -0.2) is 16.5 Å². The highest BCUT2D eigenvalue weighted by Gasteiger charge is 1.91. The summed E-state index contributed by atoms with van der Waals surface area (Å²) >= 11 is 4.26. The van der Waals surface area contributed by atoms with Crippen molar-refractivity contribution < 1.29 is 4.79 Å². The molecule has 40 valence electrons. The molecule has 0 aromatic heterocycles. The molecule has 0 bridgehead atoms. The summed E-state index contributed by atoms with van der Waals surface area (Å²) in [5.41, 5.74) is 4.85. The molecular weight excluding hydrogens is 114 g/mol. The van der Waals surface area contributed by atoms with Gasteiger partial charge < -0.3 is 5.73 Å². The second kappa shape index (κ2) is 2.49. The highest BCUT2D eigenvalue weighted by molar-refractivity contribution is 7.80. The summed E-state index contributed by atoms with van der Waals surface area (Å²) in [7, 11) is 0. The minimum atomic E-state index is -0.130. The molecule has 5 heteroatoms. The van der Waals surface area contributed by atoms with Crippen LogP contribution in [0, 0.1) is 0 Å². The monoisotopic (exact) mass is 119 g/mol. The van der Waals surface area contributed by atoms with Crippen LogP contribution in [-0.2, 0) is 4.79 Å². The Labute approximate surface area is 46.0 Å². The summed E-state index contributed by atoms with van der Waals surface area (Å²) in [5.74, 6) is 4.81. The third-order valence-electron chi connectivity index (χ3n) is 0.368. The minimum Gasteiger partial charge on any atom is -0.375 e. The average molecular weight is 119 g/mol. The van der Waals surface area contributed by atoms with Crippen molar-refractivity contribution in [3.63, 3.8) is 0 Å². The maximum Gasteiger partial charge on any atom is 0.230 e. The van der Waals surface area contributed by atoms with Crippen LogP contribution in [0.1, 0.15) is 0 Å². The van der Waals surface area contributed by atoms with Gasteiger partial charge in [0, 0.05) is 0 Å². The molecule has 0 aliphatic carbocycles. The Kier molecular flexibility index (Phi) is 2.24. The lowest BCUT2D eigenvalue weighted by atomic mass is 11.0. The number of hydrogen-bond donors (Lipinski definition) is 2. The standard InChI is InChI=1S/C2H5N3OS/c3-2(7)5(4)1-6/h1H,4H2,(H2,3,7). The zero-order chi connectivity index (χ0) is 5.86. The van der Waals surface area contributed by atoms with E-state index in [1.165, 1.54) is 0 Å². The largest absolute Gasteiger partial charge is 0.375 e. The Bertz CT molecular complexity index is 92.9. The van der Waals surface area contributed by atoms with Crippen molar-refractivity contribution in [2.24, 2.45) is 11.6 Å². The predicted molar refractivity (Wildman–Crippen MR) is 28.9 cm³/mol. The molecule has 0 aliphatic heterocycles. The molecule has 0 rings (SSSR count). The second-order valence-electron chi connectivity index (χ2n) is 0.851. The minimum absolute atomic E-state index is 0.130. The summed E-state index contributed by atoms with van der Waals surface area (Å²) in [6.07, 6.45) is 0.336. The summed E-state index contributed by atoms with van der Waals surface area (Å²) in [4.78, 5) is 9.58. The van der Waals surface area contributed by atoms with Crippen LogP contribution in [0.3, 0.4) is 0 Å². The van der Waals surface area contributed by atoms with E-state index in [2.05, 4.69) is 12.2 Å². The number of carbonyl (C=O) groups is 1. The van der Waals surface area contributed by atoms with Gasteiger partial charge in [-0.1, -0.05) is 0 Å². The maximum absolute atomic E-state index is 9.58. The predicted octanol–water partition coefficient (Wildman–Crippen LogP) is -1.44. The Balaban J connectivity index is 3.55. The van der Waals surface area contributed by atoms with E-state index in [9.17, 15) is 4.79 Å². The normalized spacial score (nSPS) is 7.57. The Morgan fingerprint density at radius 1 is 1.86 bits per heavy atom. The van der Waals surface area contributed by atoms with Gasteiger partial charge in [0.2, 0.25) is 6.41 Å². The number of rotatable bonds is 1. The van der Waals surface area contributed by atoms with Gasteiger partial charge in [-0.3, -0.25) is 4.79 Å². The van der Waals surface area contributed by atoms with Gasteiger partial charge in [0.25, 0.3) is 0 Å². The van der Waals surface area contributed by atoms with Crippen molar-refractivity contribution in [1.82, 2.24) is 5.01 Å². The lowest BCUT2D eigenvalue weighted by molar-refractivity contribution is -0.114. The van der Waals surface area contributed by atoms with Crippen molar-refractivity contribution in [3.05, 3.63) is 0 Å². The van der Waals surface area contributed by atoms with Gasteiger partial charge in [-0.2, -0.15) is 0 Å². The van der Waals surface area contributed by atoms with Crippen LogP contribution >= 0.6 is 12.2 Å². The second-order valence-corrected chi connectivity index (χ2v) is 1.27. The molecule has 0 aromatic carbocycles. The molecule has 0 atom stereocenters. The van der Waals surface area contributed by atoms with Gasteiger partial charge in [-0.05, 0) is 12.2 Å². The fourth-order valence-electron chi connectivity index (χ4n) is 0.0519. The molecule has 0 unspecified atom stereocenters. The molecule has 1 amide bonds. The number of amides is 1. The van der Waals surface area contributed by atoms with Crippen molar-refractivity contribution in [2.45, 2.75) is 0 Å². The third-order valence-corrected chi connectivity index (χ3v) is 0.579. The highest BCUT2D eigenvalue weighted by atomic mass is 32.1. The number of thiocarbonyl (C=S) groups is 1. The first-order chi connectivity index (χ1) is 3.18. The smallest absolute Gasteiger partial charge is 0.230 e. The zero-order valence-electron chi connectivity index (χ0n) is 3.50. The summed E-state index contributed by atoms with van der Waals surface area (Å²) in [6.45, 7) is 0. The van der Waals surface area contributed by atoms with E-state index in [1.54, 1.807) is 0 Å². The van der Waals surface area contributed by atoms with E-state index >= 15 is 0 Å². The quantitative estimate of drug-likeness (QED) is 0.146. The fraction of sp³-hybridized carbons (Fsp3) is 0. The van der Waals surface area contributed by atoms with E-state index in [4.69, 9.17) is 11.6 Å². The van der Waals surface area contributed by atoms with Crippen LogP contribution in [0.4, 0.5) is 0 Å². The average Bonchev–Trinajstić information content (AvgIpc) is 1.65. The van der Waals surface area contributed by atoms with E-state index in [-0.39, 0.29) is 5.11 Å².